The topological polar surface area (TPSA) is 54.4 Å². The van der Waals surface area contributed by atoms with Gasteiger partial charge in [0, 0.05) is 37.8 Å². The zero-order valence-electron chi connectivity index (χ0n) is 11.6. The van der Waals surface area contributed by atoms with Gasteiger partial charge in [0.05, 0.1) is 36.3 Å². The third-order valence-corrected chi connectivity index (χ3v) is 4.70. The van der Waals surface area contributed by atoms with E-state index >= 15 is 0 Å². The molecule has 110 valence electrons. The van der Waals surface area contributed by atoms with Gasteiger partial charge in [0.15, 0.2) is 0 Å². The summed E-state index contributed by atoms with van der Waals surface area (Å²) >= 11 is 1.41. The van der Waals surface area contributed by atoms with Gasteiger partial charge in [-0.1, -0.05) is 4.49 Å². The van der Waals surface area contributed by atoms with Crippen molar-refractivity contribution in [3.63, 3.8) is 0 Å². The Bertz CT molecular complexity index is 578. The molecule has 2 atom stereocenters. The number of fused-ring (bicyclic) bond motifs is 1. The van der Waals surface area contributed by atoms with E-state index in [2.05, 4.69) is 30.4 Å². The van der Waals surface area contributed by atoms with Gasteiger partial charge < -0.3 is 9.64 Å². The van der Waals surface area contributed by atoms with Gasteiger partial charge in [-0.3, -0.25) is 9.88 Å². The number of ether oxygens (including phenoxy) is 1. The Morgan fingerprint density at radius 2 is 2.38 bits per heavy atom. The average molecular weight is 303 g/mol. The summed E-state index contributed by atoms with van der Waals surface area (Å²) in [6.07, 6.45) is 4.03. The van der Waals surface area contributed by atoms with E-state index in [9.17, 15) is 0 Å². The van der Waals surface area contributed by atoms with Gasteiger partial charge in [0.2, 0.25) is 0 Å². The largest absolute Gasteiger partial charge is 0.373 e. The minimum absolute atomic E-state index is 0.269. The fourth-order valence-corrected chi connectivity index (χ4v) is 3.66. The van der Waals surface area contributed by atoms with Crippen molar-refractivity contribution in [1.82, 2.24) is 19.5 Å². The fourth-order valence-electron chi connectivity index (χ4n) is 3.22. The first-order valence-corrected chi connectivity index (χ1v) is 8.00. The lowest BCUT2D eigenvalue weighted by molar-refractivity contribution is 0.0306. The lowest BCUT2D eigenvalue weighted by atomic mass is 10.1. The second-order valence-corrected chi connectivity index (χ2v) is 6.08. The molecular weight excluding hydrogens is 286 g/mol. The van der Waals surface area contributed by atoms with Crippen LogP contribution in [0.5, 0.6) is 0 Å². The summed E-state index contributed by atoms with van der Waals surface area (Å²) in [7, 11) is 0. The summed E-state index contributed by atoms with van der Waals surface area (Å²) in [5.74, 6) is 0. The fraction of sp³-hybridized carbons (Fsp3) is 0.500. The van der Waals surface area contributed by atoms with Crippen molar-refractivity contribution in [3.8, 4) is 0 Å². The smallest absolute Gasteiger partial charge is 0.0918 e. The first kappa shape index (κ1) is 13.1. The lowest BCUT2D eigenvalue weighted by Crippen LogP contribution is -2.51. The molecule has 2 aromatic heterocycles. The number of anilines is 1. The second-order valence-electron chi connectivity index (χ2n) is 5.47. The number of hydrogen-bond acceptors (Lipinski definition) is 7. The molecule has 2 aromatic rings. The van der Waals surface area contributed by atoms with Gasteiger partial charge in [-0.05, 0) is 23.7 Å². The summed E-state index contributed by atoms with van der Waals surface area (Å²) in [6, 6.07) is 4.52. The number of aromatic nitrogens is 3. The van der Waals surface area contributed by atoms with E-state index in [1.165, 1.54) is 17.2 Å². The molecule has 0 bridgehead atoms. The van der Waals surface area contributed by atoms with Crippen molar-refractivity contribution in [3.05, 3.63) is 35.6 Å². The molecule has 0 aromatic carbocycles. The maximum absolute atomic E-state index is 5.97. The predicted octanol–water partition coefficient (Wildman–Crippen LogP) is 1.02. The quantitative estimate of drug-likeness (QED) is 0.844. The van der Waals surface area contributed by atoms with E-state index in [0.717, 1.165) is 38.5 Å². The van der Waals surface area contributed by atoms with Gasteiger partial charge in [0.1, 0.15) is 0 Å². The van der Waals surface area contributed by atoms with E-state index in [-0.39, 0.29) is 6.10 Å². The van der Waals surface area contributed by atoms with Crippen LogP contribution in [-0.4, -0.2) is 57.9 Å². The van der Waals surface area contributed by atoms with Crippen LogP contribution in [0.4, 0.5) is 5.69 Å². The molecule has 0 N–H and O–H groups in total. The van der Waals surface area contributed by atoms with E-state index in [0.29, 0.717) is 6.04 Å². The highest BCUT2D eigenvalue weighted by Crippen LogP contribution is 2.28. The standard InChI is InChI=1S/C14H17N5OS/c1-2-12(6-15-3-1)19-4-5-20-14-9-18(8-13(14)19)7-11-10-21-17-16-11/h1-3,6,10,13-14H,4-5,7-9H2/t13-,14+/m1/s1. The lowest BCUT2D eigenvalue weighted by Gasteiger charge is -2.38. The van der Waals surface area contributed by atoms with Crippen molar-refractivity contribution in [1.29, 1.82) is 0 Å². The molecule has 2 saturated heterocycles. The Morgan fingerprint density at radius 3 is 3.19 bits per heavy atom. The van der Waals surface area contributed by atoms with E-state index in [1.54, 1.807) is 0 Å². The Morgan fingerprint density at radius 1 is 1.38 bits per heavy atom. The highest BCUT2D eigenvalue weighted by molar-refractivity contribution is 7.03. The Kier molecular flexibility index (Phi) is 3.54. The highest BCUT2D eigenvalue weighted by Gasteiger charge is 2.40. The summed E-state index contributed by atoms with van der Waals surface area (Å²) in [5.41, 5.74) is 2.24. The molecule has 0 unspecified atom stereocenters. The van der Waals surface area contributed by atoms with Gasteiger partial charge in [-0.2, -0.15) is 0 Å². The number of rotatable bonds is 3. The summed E-state index contributed by atoms with van der Waals surface area (Å²) in [6.45, 7) is 4.52. The SMILES string of the molecule is c1cncc(N2CCO[C@H]3CN(Cc4csnn4)C[C@H]32)c1. The number of nitrogens with zero attached hydrogens (tertiary/aromatic N) is 5. The second kappa shape index (κ2) is 5.67. The monoisotopic (exact) mass is 303 g/mol. The molecule has 4 heterocycles. The predicted molar refractivity (Wildman–Crippen MR) is 80.3 cm³/mol. The molecule has 21 heavy (non-hydrogen) atoms. The Balaban J connectivity index is 1.50. The zero-order valence-corrected chi connectivity index (χ0v) is 12.4. The number of pyridine rings is 1. The first-order valence-electron chi connectivity index (χ1n) is 7.17. The molecule has 0 aliphatic carbocycles. The van der Waals surface area contributed by atoms with Crippen molar-refractivity contribution in [2.75, 3.05) is 31.1 Å². The molecule has 0 amide bonds. The number of hydrogen-bond donors (Lipinski definition) is 0. The molecule has 6 nitrogen and oxygen atoms in total. The van der Waals surface area contributed by atoms with Crippen molar-refractivity contribution < 1.29 is 4.74 Å². The molecule has 2 aliphatic heterocycles. The molecule has 7 heteroatoms. The maximum Gasteiger partial charge on any atom is 0.0918 e. The van der Waals surface area contributed by atoms with Gasteiger partial charge in [0.25, 0.3) is 0 Å². The number of morpholine rings is 1. The van der Waals surface area contributed by atoms with Crippen LogP contribution in [0.3, 0.4) is 0 Å². The Hall–Kier alpha value is -1.57. The van der Waals surface area contributed by atoms with Crippen molar-refractivity contribution >= 4 is 17.2 Å². The summed E-state index contributed by atoms with van der Waals surface area (Å²) in [4.78, 5) is 9.08. The van der Waals surface area contributed by atoms with Gasteiger partial charge in [-0.15, -0.1) is 5.10 Å². The minimum Gasteiger partial charge on any atom is -0.373 e. The minimum atomic E-state index is 0.269. The van der Waals surface area contributed by atoms with E-state index < -0.39 is 0 Å². The van der Waals surface area contributed by atoms with Crippen LogP contribution in [0.25, 0.3) is 0 Å². The molecule has 0 saturated carbocycles. The van der Waals surface area contributed by atoms with Crippen LogP contribution < -0.4 is 4.90 Å². The summed E-state index contributed by atoms with van der Waals surface area (Å²) in [5, 5.41) is 6.15. The molecule has 0 spiro atoms. The van der Waals surface area contributed by atoms with Crippen LogP contribution in [0.15, 0.2) is 29.9 Å². The maximum atomic E-state index is 5.97. The van der Waals surface area contributed by atoms with Crippen LogP contribution in [-0.2, 0) is 11.3 Å². The van der Waals surface area contributed by atoms with Gasteiger partial charge in [-0.25, -0.2) is 0 Å². The van der Waals surface area contributed by atoms with Crippen molar-refractivity contribution in [2.45, 2.75) is 18.7 Å². The van der Waals surface area contributed by atoms with Crippen LogP contribution in [0.1, 0.15) is 5.69 Å². The van der Waals surface area contributed by atoms with Crippen LogP contribution in [0.2, 0.25) is 0 Å². The van der Waals surface area contributed by atoms with Crippen LogP contribution in [0, 0.1) is 0 Å². The third-order valence-electron chi connectivity index (χ3n) is 4.15. The molecular formula is C14H17N5OS. The molecule has 4 rings (SSSR count). The summed E-state index contributed by atoms with van der Waals surface area (Å²) < 4.78 is 9.90. The zero-order chi connectivity index (χ0) is 14.1. The average Bonchev–Trinajstić information content (AvgIpc) is 3.17. The first-order chi connectivity index (χ1) is 10.4. The Labute approximate surface area is 127 Å². The normalized spacial score (nSPS) is 26.0. The van der Waals surface area contributed by atoms with Crippen LogP contribution >= 0.6 is 11.5 Å². The molecule has 0 radical (unpaired) electrons. The van der Waals surface area contributed by atoms with E-state index in [1.807, 2.05) is 23.8 Å². The third kappa shape index (κ3) is 2.64. The molecule has 2 fully saturated rings. The molecule has 2 aliphatic rings. The van der Waals surface area contributed by atoms with Crippen molar-refractivity contribution in [2.24, 2.45) is 0 Å². The van der Waals surface area contributed by atoms with Gasteiger partial charge >= 0.3 is 0 Å². The number of likely N-dealkylation sites (tertiary alicyclic amines) is 1. The highest BCUT2D eigenvalue weighted by atomic mass is 32.1. The van der Waals surface area contributed by atoms with E-state index in [4.69, 9.17) is 4.74 Å².